The number of carbonyl (C=O) groups excluding carboxylic acids is 2. The molecule has 0 saturated heterocycles. The van der Waals surface area contributed by atoms with Crippen LogP contribution in [0.25, 0.3) is 0 Å². The summed E-state index contributed by atoms with van der Waals surface area (Å²) in [6.45, 7) is 1.58. The molecule has 1 atom stereocenters. The summed E-state index contributed by atoms with van der Waals surface area (Å²) >= 11 is 0. The maximum Gasteiger partial charge on any atom is 0.341 e. The standard InChI is InChI=1S/C18H19FN2O5S/c1-12(17(22)21-11-13-6-4-3-5-7-13)26-18(23)15-10-14(8-9-16(15)19)27(24,25)20-2/h3-10,12,20H,11H2,1-2H3,(H,21,22). The molecule has 0 spiro atoms. The maximum absolute atomic E-state index is 13.9. The van der Waals surface area contributed by atoms with Crippen molar-refractivity contribution in [2.45, 2.75) is 24.5 Å². The van der Waals surface area contributed by atoms with Crippen molar-refractivity contribution < 1.29 is 27.1 Å². The van der Waals surface area contributed by atoms with E-state index in [0.717, 1.165) is 23.8 Å². The van der Waals surface area contributed by atoms with Crippen molar-refractivity contribution in [3.8, 4) is 0 Å². The van der Waals surface area contributed by atoms with E-state index in [1.54, 1.807) is 0 Å². The van der Waals surface area contributed by atoms with Gasteiger partial charge >= 0.3 is 5.97 Å². The predicted molar refractivity (Wildman–Crippen MR) is 95.8 cm³/mol. The first kappa shape index (κ1) is 20.5. The number of hydrogen-bond acceptors (Lipinski definition) is 5. The third-order valence-corrected chi connectivity index (χ3v) is 5.11. The number of rotatable bonds is 7. The lowest BCUT2D eigenvalue weighted by atomic mass is 10.2. The van der Waals surface area contributed by atoms with Crippen LogP contribution in [0, 0.1) is 5.82 Å². The van der Waals surface area contributed by atoms with Gasteiger partial charge in [0.05, 0.1) is 10.5 Å². The summed E-state index contributed by atoms with van der Waals surface area (Å²) in [6.07, 6.45) is -1.19. The van der Waals surface area contributed by atoms with Gasteiger partial charge < -0.3 is 10.1 Å². The van der Waals surface area contributed by atoms with E-state index in [1.165, 1.54) is 14.0 Å². The average molecular weight is 394 g/mol. The van der Waals surface area contributed by atoms with Crippen molar-refractivity contribution in [3.05, 3.63) is 65.5 Å². The zero-order valence-electron chi connectivity index (χ0n) is 14.7. The maximum atomic E-state index is 13.9. The number of carbonyl (C=O) groups is 2. The largest absolute Gasteiger partial charge is 0.449 e. The number of benzene rings is 2. The Bertz CT molecular complexity index is 932. The molecule has 7 nitrogen and oxygen atoms in total. The topological polar surface area (TPSA) is 102 Å². The molecule has 2 N–H and O–H groups in total. The van der Waals surface area contributed by atoms with Crippen LogP contribution in [0.4, 0.5) is 4.39 Å². The van der Waals surface area contributed by atoms with Gasteiger partial charge in [-0.15, -0.1) is 0 Å². The van der Waals surface area contributed by atoms with Crippen molar-refractivity contribution in [3.63, 3.8) is 0 Å². The van der Waals surface area contributed by atoms with Crippen LogP contribution in [0.5, 0.6) is 0 Å². The summed E-state index contributed by atoms with van der Waals surface area (Å²) in [6, 6.07) is 11.8. The zero-order chi connectivity index (χ0) is 20.0. The Morgan fingerprint density at radius 3 is 2.44 bits per heavy atom. The lowest BCUT2D eigenvalue weighted by Gasteiger charge is -2.14. The van der Waals surface area contributed by atoms with E-state index in [0.29, 0.717) is 0 Å². The molecule has 144 valence electrons. The second-order valence-electron chi connectivity index (χ2n) is 5.60. The molecular weight excluding hydrogens is 375 g/mol. The molecule has 2 rings (SSSR count). The highest BCUT2D eigenvalue weighted by Gasteiger charge is 2.23. The molecule has 0 aliphatic rings. The van der Waals surface area contributed by atoms with Crippen LogP contribution in [-0.2, 0) is 26.1 Å². The zero-order valence-corrected chi connectivity index (χ0v) is 15.5. The first-order chi connectivity index (χ1) is 12.7. The van der Waals surface area contributed by atoms with Gasteiger partial charge in [-0.25, -0.2) is 22.3 Å². The number of ether oxygens (including phenoxy) is 1. The average Bonchev–Trinajstić information content (AvgIpc) is 2.66. The van der Waals surface area contributed by atoms with Gasteiger partial charge in [-0.05, 0) is 37.7 Å². The fourth-order valence-corrected chi connectivity index (χ4v) is 2.91. The second-order valence-corrected chi connectivity index (χ2v) is 7.49. The van der Waals surface area contributed by atoms with E-state index < -0.39 is 39.4 Å². The highest BCUT2D eigenvalue weighted by molar-refractivity contribution is 7.89. The molecule has 0 heterocycles. The Morgan fingerprint density at radius 2 is 1.81 bits per heavy atom. The van der Waals surface area contributed by atoms with Gasteiger partial charge in [-0.2, -0.15) is 0 Å². The normalized spacial score (nSPS) is 12.3. The summed E-state index contributed by atoms with van der Waals surface area (Å²) in [5, 5.41) is 2.60. The summed E-state index contributed by atoms with van der Waals surface area (Å²) in [5.41, 5.74) is 0.287. The molecular formula is C18H19FN2O5S. The summed E-state index contributed by atoms with van der Waals surface area (Å²) in [7, 11) is -2.67. The predicted octanol–water partition coefficient (Wildman–Crippen LogP) is 1.60. The van der Waals surface area contributed by atoms with Gasteiger partial charge in [0.25, 0.3) is 5.91 Å². The third kappa shape index (κ3) is 5.35. The molecule has 0 aromatic heterocycles. The van der Waals surface area contributed by atoms with E-state index in [4.69, 9.17) is 4.74 Å². The number of sulfonamides is 1. The Morgan fingerprint density at radius 1 is 1.15 bits per heavy atom. The van der Waals surface area contributed by atoms with Crippen LogP contribution in [0.15, 0.2) is 53.4 Å². The summed E-state index contributed by atoms with van der Waals surface area (Å²) in [5.74, 6) is -2.65. The minimum atomic E-state index is -3.86. The third-order valence-electron chi connectivity index (χ3n) is 3.70. The summed E-state index contributed by atoms with van der Waals surface area (Å²) < 4.78 is 44.5. The molecule has 1 amide bonds. The monoisotopic (exact) mass is 394 g/mol. The van der Waals surface area contributed by atoms with E-state index in [9.17, 15) is 22.4 Å². The minimum absolute atomic E-state index is 0.242. The van der Waals surface area contributed by atoms with Crippen molar-refractivity contribution >= 4 is 21.9 Å². The Balaban J connectivity index is 2.05. The van der Waals surface area contributed by atoms with Gasteiger partial charge in [-0.1, -0.05) is 30.3 Å². The highest BCUT2D eigenvalue weighted by atomic mass is 32.2. The van der Waals surface area contributed by atoms with Crippen molar-refractivity contribution in [1.29, 1.82) is 0 Å². The quantitative estimate of drug-likeness (QED) is 0.695. The van der Waals surface area contributed by atoms with Crippen LogP contribution in [-0.4, -0.2) is 33.4 Å². The molecule has 0 aliphatic heterocycles. The van der Waals surface area contributed by atoms with Gasteiger partial charge in [0, 0.05) is 6.54 Å². The van der Waals surface area contributed by atoms with Crippen molar-refractivity contribution in [2.75, 3.05) is 7.05 Å². The fourth-order valence-electron chi connectivity index (χ4n) is 2.15. The van der Waals surface area contributed by atoms with Gasteiger partial charge in [0.1, 0.15) is 5.82 Å². The van der Waals surface area contributed by atoms with Gasteiger partial charge in [-0.3, -0.25) is 4.79 Å². The Hall–Kier alpha value is -2.78. The first-order valence-electron chi connectivity index (χ1n) is 8.00. The lowest BCUT2D eigenvalue weighted by molar-refractivity contribution is -0.129. The van der Waals surface area contributed by atoms with Crippen LogP contribution in [0.1, 0.15) is 22.8 Å². The minimum Gasteiger partial charge on any atom is -0.449 e. The molecule has 27 heavy (non-hydrogen) atoms. The SMILES string of the molecule is CNS(=O)(=O)c1ccc(F)c(C(=O)OC(C)C(=O)NCc2ccccc2)c1. The number of nitrogens with one attached hydrogen (secondary N) is 2. The number of esters is 1. The van der Waals surface area contributed by atoms with Crippen LogP contribution in [0.3, 0.4) is 0 Å². The molecule has 0 bridgehead atoms. The van der Waals surface area contributed by atoms with Gasteiger partial charge in [0.2, 0.25) is 10.0 Å². The lowest BCUT2D eigenvalue weighted by Crippen LogP contribution is -2.35. The molecule has 2 aromatic carbocycles. The van der Waals surface area contributed by atoms with E-state index in [1.807, 2.05) is 30.3 Å². The van der Waals surface area contributed by atoms with E-state index >= 15 is 0 Å². The highest BCUT2D eigenvalue weighted by Crippen LogP contribution is 2.16. The second kappa shape index (κ2) is 8.74. The molecule has 0 fully saturated rings. The fraction of sp³-hybridized carbons (Fsp3) is 0.222. The Labute approximate surface area is 156 Å². The molecule has 0 radical (unpaired) electrons. The van der Waals surface area contributed by atoms with Crippen LogP contribution < -0.4 is 10.0 Å². The molecule has 0 saturated carbocycles. The Kier molecular flexibility index (Phi) is 6.65. The smallest absolute Gasteiger partial charge is 0.341 e. The summed E-state index contributed by atoms with van der Waals surface area (Å²) in [4.78, 5) is 23.9. The van der Waals surface area contributed by atoms with Gasteiger partial charge in [0.15, 0.2) is 6.10 Å². The van der Waals surface area contributed by atoms with E-state index in [-0.39, 0.29) is 11.4 Å². The molecule has 0 aliphatic carbocycles. The number of halogens is 1. The molecule has 9 heteroatoms. The molecule has 1 unspecified atom stereocenters. The first-order valence-corrected chi connectivity index (χ1v) is 9.48. The van der Waals surface area contributed by atoms with Crippen molar-refractivity contribution in [1.82, 2.24) is 10.0 Å². The number of hydrogen-bond donors (Lipinski definition) is 2. The van der Waals surface area contributed by atoms with E-state index in [2.05, 4.69) is 10.0 Å². The molecule has 2 aromatic rings. The number of amides is 1. The van der Waals surface area contributed by atoms with Crippen LogP contribution in [0.2, 0.25) is 0 Å². The van der Waals surface area contributed by atoms with Crippen LogP contribution >= 0.6 is 0 Å². The van der Waals surface area contributed by atoms with Crippen molar-refractivity contribution in [2.24, 2.45) is 0 Å².